The molecule has 0 aromatic heterocycles. The molecule has 0 unspecified atom stereocenters. The van der Waals surface area contributed by atoms with Crippen molar-refractivity contribution in [1.29, 1.82) is 0 Å². The second-order valence-corrected chi connectivity index (χ2v) is 3.21. The zero-order valence-corrected chi connectivity index (χ0v) is 8.92. The molecule has 2 heterocycles. The van der Waals surface area contributed by atoms with Crippen LogP contribution < -0.4 is 11.1 Å². The summed E-state index contributed by atoms with van der Waals surface area (Å²) in [7, 11) is 0. The number of aliphatic imine (C=N–C) groups is 1. The molecule has 6 heteroatoms. The maximum Gasteiger partial charge on any atom is 0.282 e. The van der Waals surface area contributed by atoms with Crippen molar-refractivity contribution in [3.05, 3.63) is 0 Å². The van der Waals surface area contributed by atoms with Crippen molar-refractivity contribution in [2.75, 3.05) is 19.7 Å². The number of amidine groups is 1. The summed E-state index contributed by atoms with van der Waals surface area (Å²) >= 11 is 0. The van der Waals surface area contributed by atoms with Gasteiger partial charge in [0.05, 0.1) is 0 Å². The first-order chi connectivity index (χ1) is 5.31. The minimum atomic E-state index is 0. The predicted molar refractivity (Wildman–Crippen MR) is 56.9 cm³/mol. The highest BCUT2D eigenvalue weighted by Gasteiger charge is 2.36. The maximum absolute atomic E-state index is 5.45. The lowest BCUT2D eigenvalue weighted by atomic mass is 9.91. The predicted octanol–water partition coefficient (Wildman–Crippen LogP) is 0.297. The SMILES string of the molecule is Cl.Cl.NC1=NC2(CCNCC2)CO1. The first kappa shape index (κ1) is 12.8. The minimum absolute atomic E-state index is 0. The largest absolute Gasteiger partial charge is 0.463 e. The number of halogens is 2. The van der Waals surface area contributed by atoms with Gasteiger partial charge in [-0.3, -0.25) is 0 Å². The van der Waals surface area contributed by atoms with E-state index < -0.39 is 0 Å². The van der Waals surface area contributed by atoms with Gasteiger partial charge in [0, 0.05) is 0 Å². The van der Waals surface area contributed by atoms with Crippen molar-refractivity contribution in [3.63, 3.8) is 0 Å². The molecule has 1 spiro atoms. The van der Waals surface area contributed by atoms with E-state index in [1.807, 2.05) is 0 Å². The normalized spacial score (nSPS) is 23.8. The molecule has 4 nitrogen and oxygen atoms in total. The zero-order chi connectivity index (χ0) is 7.73. The molecule has 0 atom stereocenters. The van der Waals surface area contributed by atoms with Crippen LogP contribution in [0.2, 0.25) is 0 Å². The maximum atomic E-state index is 5.45. The van der Waals surface area contributed by atoms with Crippen LogP contribution in [0.15, 0.2) is 4.99 Å². The van der Waals surface area contributed by atoms with Crippen molar-refractivity contribution in [2.45, 2.75) is 18.4 Å². The molecular weight excluding hydrogens is 213 g/mol. The number of nitrogens with zero attached hydrogens (tertiary/aromatic N) is 1. The summed E-state index contributed by atoms with van der Waals surface area (Å²) in [5.41, 5.74) is 5.47. The Kier molecular flexibility index (Phi) is 4.81. The Labute approximate surface area is 90.1 Å². The van der Waals surface area contributed by atoms with E-state index in [0.29, 0.717) is 12.6 Å². The third-order valence-electron chi connectivity index (χ3n) is 2.37. The second-order valence-electron chi connectivity index (χ2n) is 3.21. The standard InChI is InChI=1S/C7H13N3O.2ClH/c8-6-10-7(5-11-6)1-3-9-4-2-7;;/h9H,1-5H2,(H2,8,10);2*1H. The van der Waals surface area contributed by atoms with Crippen LogP contribution in [0.3, 0.4) is 0 Å². The number of hydrogen-bond donors (Lipinski definition) is 2. The molecule has 2 aliphatic rings. The van der Waals surface area contributed by atoms with E-state index in [4.69, 9.17) is 10.5 Å². The summed E-state index contributed by atoms with van der Waals surface area (Å²) in [5, 5.41) is 3.29. The summed E-state index contributed by atoms with van der Waals surface area (Å²) < 4.78 is 5.15. The molecule has 78 valence electrons. The molecule has 1 saturated heterocycles. The Morgan fingerprint density at radius 3 is 2.38 bits per heavy atom. The smallest absolute Gasteiger partial charge is 0.282 e. The number of hydrogen-bond acceptors (Lipinski definition) is 4. The second kappa shape index (κ2) is 4.88. The first-order valence-electron chi connectivity index (χ1n) is 4.00. The number of nitrogens with two attached hydrogens (primary N) is 1. The molecule has 2 rings (SSSR count). The third-order valence-corrected chi connectivity index (χ3v) is 2.37. The van der Waals surface area contributed by atoms with Gasteiger partial charge in [-0.05, 0) is 25.9 Å². The van der Waals surface area contributed by atoms with Crippen LogP contribution in [0.4, 0.5) is 0 Å². The molecular formula is C7H15Cl2N3O. The van der Waals surface area contributed by atoms with Crippen LogP contribution >= 0.6 is 24.8 Å². The summed E-state index contributed by atoms with van der Waals surface area (Å²) in [5.74, 6) is 0. The van der Waals surface area contributed by atoms with Crippen LogP contribution in [0.5, 0.6) is 0 Å². The van der Waals surface area contributed by atoms with Gasteiger partial charge in [-0.2, -0.15) is 0 Å². The van der Waals surface area contributed by atoms with E-state index in [1.54, 1.807) is 0 Å². The van der Waals surface area contributed by atoms with Gasteiger partial charge in [-0.1, -0.05) is 0 Å². The van der Waals surface area contributed by atoms with Crippen molar-refractivity contribution in [2.24, 2.45) is 10.7 Å². The average molecular weight is 228 g/mol. The van der Waals surface area contributed by atoms with E-state index in [-0.39, 0.29) is 30.4 Å². The fraction of sp³-hybridized carbons (Fsp3) is 0.857. The van der Waals surface area contributed by atoms with Crippen LogP contribution in [-0.4, -0.2) is 31.3 Å². The fourth-order valence-corrected chi connectivity index (χ4v) is 1.65. The highest BCUT2D eigenvalue weighted by molar-refractivity contribution is 5.85. The van der Waals surface area contributed by atoms with E-state index in [0.717, 1.165) is 25.9 Å². The number of ether oxygens (including phenoxy) is 1. The Balaban J connectivity index is 0.000000720. The molecule has 0 aromatic carbocycles. The van der Waals surface area contributed by atoms with E-state index in [9.17, 15) is 0 Å². The molecule has 0 radical (unpaired) electrons. The highest BCUT2D eigenvalue weighted by atomic mass is 35.5. The molecule has 0 aromatic rings. The lowest BCUT2D eigenvalue weighted by Gasteiger charge is -2.28. The van der Waals surface area contributed by atoms with E-state index in [1.165, 1.54) is 0 Å². The van der Waals surface area contributed by atoms with Crippen LogP contribution in [0.1, 0.15) is 12.8 Å². The minimum Gasteiger partial charge on any atom is -0.463 e. The fourth-order valence-electron chi connectivity index (χ4n) is 1.65. The molecule has 1 fully saturated rings. The van der Waals surface area contributed by atoms with E-state index in [2.05, 4.69) is 10.3 Å². The van der Waals surface area contributed by atoms with Crippen molar-refractivity contribution in [3.8, 4) is 0 Å². The van der Waals surface area contributed by atoms with Gasteiger partial charge in [0.2, 0.25) is 0 Å². The lowest BCUT2D eigenvalue weighted by Crippen LogP contribution is -2.41. The van der Waals surface area contributed by atoms with E-state index >= 15 is 0 Å². The van der Waals surface area contributed by atoms with Crippen LogP contribution in [-0.2, 0) is 4.74 Å². The number of piperidine rings is 1. The molecule has 0 saturated carbocycles. The number of nitrogens with one attached hydrogen (secondary N) is 1. The van der Waals surface area contributed by atoms with Gasteiger partial charge < -0.3 is 15.8 Å². The summed E-state index contributed by atoms with van der Waals surface area (Å²) in [6.07, 6.45) is 2.10. The van der Waals surface area contributed by atoms with Gasteiger partial charge in [-0.15, -0.1) is 24.8 Å². The lowest BCUT2D eigenvalue weighted by molar-refractivity contribution is 0.213. The topological polar surface area (TPSA) is 59.6 Å². The van der Waals surface area contributed by atoms with Crippen LogP contribution in [0.25, 0.3) is 0 Å². The molecule has 0 aliphatic carbocycles. The first-order valence-corrected chi connectivity index (χ1v) is 4.00. The Bertz CT molecular complexity index is 192. The van der Waals surface area contributed by atoms with Gasteiger partial charge in [0.1, 0.15) is 12.1 Å². The monoisotopic (exact) mass is 227 g/mol. The van der Waals surface area contributed by atoms with Crippen molar-refractivity contribution >= 4 is 30.8 Å². The zero-order valence-electron chi connectivity index (χ0n) is 7.28. The molecule has 0 bridgehead atoms. The quantitative estimate of drug-likeness (QED) is 0.626. The molecule has 0 amide bonds. The Hall–Kier alpha value is -0.190. The molecule has 13 heavy (non-hydrogen) atoms. The number of rotatable bonds is 0. The molecule has 3 N–H and O–H groups in total. The van der Waals surface area contributed by atoms with Gasteiger partial charge in [0.15, 0.2) is 0 Å². The summed E-state index contributed by atoms with van der Waals surface area (Å²) in [4.78, 5) is 4.31. The van der Waals surface area contributed by atoms with Crippen LogP contribution in [0, 0.1) is 0 Å². The van der Waals surface area contributed by atoms with Gasteiger partial charge in [-0.25, -0.2) is 4.99 Å². The third kappa shape index (κ3) is 2.62. The summed E-state index contributed by atoms with van der Waals surface area (Å²) in [6.45, 7) is 2.74. The van der Waals surface area contributed by atoms with Crippen molar-refractivity contribution in [1.82, 2.24) is 5.32 Å². The van der Waals surface area contributed by atoms with Crippen molar-refractivity contribution < 1.29 is 4.74 Å². The average Bonchev–Trinajstić information content (AvgIpc) is 2.34. The Morgan fingerprint density at radius 2 is 1.92 bits per heavy atom. The van der Waals surface area contributed by atoms with Gasteiger partial charge in [0.25, 0.3) is 6.02 Å². The Morgan fingerprint density at radius 1 is 1.31 bits per heavy atom. The highest BCUT2D eigenvalue weighted by Crippen LogP contribution is 2.27. The molecule has 2 aliphatic heterocycles. The van der Waals surface area contributed by atoms with Gasteiger partial charge >= 0.3 is 0 Å². The summed E-state index contributed by atoms with van der Waals surface area (Å²) in [6, 6.07) is 0.368.